The van der Waals surface area contributed by atoms with Crippen molar-refractivity contribution in [1.29, 1.82) is 0 Å². The minimum Gasteiger partial charge on any atom is -0.472 e. The fourth-order valence-corrected chi connectivity index (χ4v) is 3.75. The smallest absolute Gasteiger partial charge is 0.255 e. The summed E-state index contributed by atoms with van der Waals surface area (Å²) >= 11 is 1.59. The van der Waals surface area contributed by atoms with E-state index in [0.29, 0.717) is 5.56 Å². The molecular formula is C22H24N2O3S. The lowest BCUT2D eigenvalue weighted by atomic mass is 10.0. The van der Waals surface area contributed by atoms with Crippen molar-refractivity contribution < 1.29 is 14.0 Å². The minimum absolute atomic E-state index is 0.243. The lowest BCUT2D eigenvalue weighted by Crippen LogP contribution is -2.45. The average molecular weight is 397 g/mol. The SMILES string of the molecule is CCCc1ccc(C(NC(=O)C(C)NC(=O)c2ccoc2)c2cccs2)cc1. The van der Waals surface area contributed by atoms with Crippen LogP contribution in [0.4, 0.5) is 0 Å². The van der Waals surface area contributed by atoms with E-state index in [4.69, 9.17) is 4.42 Å². The summed E-state index contributed by atoms with van der Waals surface area (Å²) in [5.41, 5.74) is 2.69. The Balaban J connectivity index is 1.72. The fraction of sp³-hybridized carbons (Fsp3) is 0.273. The second-order valence-electron chi connectivity index (χ2n) is 6.66. The summed E-state index contributed by atoms with van der Waals surface area (Å²) in [5, 5.41) is 7.76. The zero-order chi connectivity index (χ0) is 19.9. The predicted molar refractivity (Wildman–Crippen MR) is 110 cm³/mol. The molecule has 0 saturated carbocycles. The van der Waals surface area contributed by atoms with E-state index in [1.165, 1.54) is 18.1 Å². The number of aryl methyl sites for hydroxylation is 1. The number of rotatable bonds is 8. The highest BCUT2D eigenvalue weighted by molar-refractivity contribution is 7.10. The summed E-state index contributed by atoms with van der Waals surface area (Å²) in [4.78, 5) is 26.0. The first-order chi connectivity index (χ1) is 13.6. The molecule has 146 valence electrons. The van der Waals surface area contributed by atoms with Crippen molar-refractivity contribution in [2.75, 3.05) is 0 Å². The quantitative estimate of drug-likeness (QED) is 0.596. The Morgan fingerprint density at radius 1 is 1.11 bits per heavy atom. The number of carbonyl (C=O) groups excluding carboxylic acids is 2. The van der Waals surface area contributed by atoms with Crippen LogP contribution in [0.1, 0.15) is 52.7 Å². The molecule has 2 unspecified atom stereocenters. The topological polar surface area (TPSA) is 71.3 Å². The monoisotopic (exact) mass is 396 g/mol. The second-order valence-corrected chi connectivity index (χ2v) is 7.64. The van der Waals surface area contributed by atoms with Gasteiger partial charge in [0.25, 0.3) is 5.91 Å². The van der Waals surface area contributed by atoms with E-state index < -0.39 is 6.04 Å². The first-order valence-electron chi connectivity index (χ1n) is 9.34. The molecule has 6 heteroatoms. The molecule has 28 heavy (non-hydrogen) atoms. The van der Waals surface area contributed by atoms with Crippen LogP contribution in [-0.2, 0) is 11.2 Å². The third kappa shape index (κ3) is 4.89. The molecule has 2 aromatic heterocycles. The number of furan rings is 1. The van der Waals surface area contributed by atoms with E-state index >= 15 is 0 Å². The molecule has 1 aromatic carbocycles. The van der Waals surface area contributed by atoms with E-state index in [1.807, 2.05) is 17.5 Å². The van der Waals surface area contributed by atoms with Crippen molar-refractivity contribution in [3.8, 4) is 0 Å². The number of hydrogen-bond donors (Lipinski definition) is 2. The summed E-state index contributed by atoms with van der Waals surface area (Å²) in [7, 11) is 0. The molecule has 2 heterocycles. The molecule has 0 radical (unpaired) electrons. The van der Waals surface area contributed by atoms with Gasteiger partial charge in [-0.2, -0.15) is 0 Å². The van der Waals surface area contributed by atoms with Crippen molar-refractivity contribution in [1.82, 2.24) is 10.6 Å². The highest BCUT2D eigenvalue weighted by Crippen LogP contribution is 2.26. The van der Waals surface area contributed by atoms with Crippen molar-refractivity contribution >= 4 is 23.2 Å². The maximum absolute atomic E-state index is 12.8. The fourth-order valence-electron chi connectivity index (χ4n) is 2.95. The van der Waals surface area contributed by atoms with E-state index in [1.54, 1.807) is 24.3 Å². The summed E-state index contributed by atoms with van der Waals surface area (Å²) < 4.78 is 4.92. The van der Waals surface area contributed by atoms with E-state index in [0.717, 1.165) is 23.3 Å². The highest BCUT2D eigenvalue weighted by atomic mass is 32.1. The zero-order valence-electron chi connectivity index (χ0n) is 16.0. The van der Waals surface area contributed by atoms with Gasteiger partial charge in [0.05, 0.1) is 17.9 Å². The Bertz CT molecular complexity index is 887. The van der Waals surface area contributed by atoms with Crippen LogP contribution in [0.15, 0.2) is 64.8 Å². The van der Waals surface area contributed by atoms with Gasteiger partial charge in [-0.05, 0) is 42.0 Å². The van der Waals surface area contributed by atoms with Crippen LogP contribution in [-0.4, -0.2) is 17.9 Å². The molecule has 2 atom stereocenters. The largest absolute Gasteiger partial charge is 0.472 e. The lowest BCUT2D eigenvalue weighted by molar-refractivity contribution is -0.123. The lowest BCUT2D eigenvalue weighted by Gasteiger charge is -2.21. The van der Waals surface area contributed by atoms with Gasteiger partial charge in [0.15, 0.2) is 0 Å². The molecule has 0 fully saturated rings. The van der Waals surface area contributed by atoms with Crippen LogP contribution in [0.3, 0.4) is 0 Å². The molecule has 0 aliphatic heterocycles. The maximum atomic E-state index is 12.8. The molecule has 0 bridgehead atoms. The van der Waals surface area contributed by atoms with Gasteiger partial charge in [-0.25, -0.2) is 0 Å². The van der Waals surface area contributed by atoms with Crippen molar-refractivity contribution in [2.24, 2.45) is 0 Å². The molecule has 3 aromatic rings. The third-order valence-electron chi connectivity index (χ3n) is 4.49. The molecule has 0 aliphatic carbocycles. The van der Waals surface area contributed by atoms with E-state index in [2.05, 4.69) is 41.8 Å². The predicted octanol–water partition coefficient (Wildman–Crippen LogP) is 4.32. The molecule has 3 rings (SSSR count). The van der Waals surface area contributed by atoms with Crippen LogP contribution < -0.4 is 10.6 Å². The third-order valence-corrected chi connectivity index (χ3v) is 5.43. The molecule has 0 spiro atoms. The van der Waals surface area contributed by atoms with Gasteiger partial charge in [0, 0.05) is 4.88 Å². The number of carbonyl (C=O) groups is 2. The first-order valence-corrected chi connectivity index (χ1v) is 10.2. The van der Waals surface area contributed by atoms with E-state index in [9.17, 15) is 9.59 Å². The summed E-state index contributed by atoms with van der Waals surface area (Å²) in [6.45, 7) is 3.82. The van der Waals surface area contributed by atoms with Crippen LogP contribution in [0.5, 0.6) is 0 Å². The zero-order valence-corrected chi connectivity index (χ0v) is 16.8. The number of amides is 2. The van der Waals surface area contributed by atoms with Gasteiger partial charge in [0.1, 0.15) is 12.3 Å². The molecule has 2 amide bonds. The van der Waals surface area contributed by atoms with Crippen LogP contribution in [0.2, 0.25) is 0 Å². The standard InChI is InChI=1S/C22H24N2O3S/c1-3-5-16-7-9-17(10-8-16)20(19-6-4-13-28-19)24-21(25)15(2)23-22(26)18-11-12-27-14-18/h4,6-15,20H,3,5H2,1-2H3,(H,23,26)(H,24,25). The maximum Gasteiger partial charge on any atom is 0.255 e. The van der Waals surface area contributed by atoms with Gasteiger partial charge in [-0.15, -0.1) is 11.3 Å². The minimum atomic E-state index is -0.677. The number of hydrogen-bond acceptors (Lipinski definition) is 4. The first kappa shape index (κ1) is 19.9. The summed E-state index contributed by atoms with van der Waals surface area (Å²) in [6.07, 6.45) is 4.91. The summed E-state index contributed by atoms with van der Waals surface area (Å²) in [5.74, 6) is -0.583. The van der Waals surface area contributed by atoms with E-state index in [-0.39, 0.29) is 17.9 Å². The second kappa shape index (κ2) is 9.37. The average Bonchev–Trinajstić information content (AvgIpc) is 3.41. The van der Waals surface area contributed by atoms with Gasteiger partial charge >= 0.3 is 0 Å². The van der Waals surface area contributed by atoms with Crippen LogP contribution in [0.25, 0.3) is 0 Å². The number of thiophene rings is 1. The molecule has 2 N–H and O–H groups in total. The Morgan fingerprint density at radius 2 is 1.89 bits per heavy atom. The summed E-state index contributed by atoms with van der Waals surface area (Å²) in [6, 6.07) is 12.9. The highest BCUT2D eigenvalue weighted by Gasteiger charge is 2.23. The number of benzene rings is 1. The Hall–Kier alpha value is -2.86. The van der Waals surface area contributed by atoms with Crippen LogP contribution in [0, 0.1) is 0 Å². The van der Waals surface area contributed by atoms with Crippen molar-refractivity contribution in [3.63, 3.8) is 0 Å². The van der Waals surface area contributed by atoms with Gasteiger partial charge in [-0.1, -0.05) is 43.7 Å². The van der Waals surface area contributed by atoms with Gasteiger partial charge in [0.2, 0.25) is 5.91 Å². The van der Waals surface area contributed by atoms with Gasteiger partial charge in [-0.3, -0.25) is 9.59 Å². The van der Waals surface area contributed by atoms with Crippen molar-refractivity contribution in [2.45, 2.75) is 38.8 Å². The van der Waals surface area contributed by atoms with Crippen molar-refractivity contribution in [3.05, 3.63) is 81.9 Å². The Morgan fingerprint density at radius 3 is 2.50 bits per heavy atom. The molecule has 0 saturated heterocycles. The molecular weight excluding hydrogens is 372 g/mol. The molecule has 0 aliphatic rings. The normalized spacial score (nSPS) is 12.9. The number of nitrogens with one attached hydrogen (secondary N) is 2. The van der Waals surface area contributed by atoms with Gasteiger partial charge < -0.3 is 15.1 Å². The molecule has 5 nitrogen and oxygen atoms in total. The Kier molecular flexibility index (Phi) is 6.66. The van der Waals surface area contributed by atoms with Crippen LogP contribution >= 0.6 is 11.3 Å². The Labute approximate surface area is 168 Å².